The fraction of sp³-hybridized carbons (Fsp3) is 0.375. The number of thiophene rings is 1. The molecule has 110 valence electrons. The first-order chi connectivity index (χ1) is 10.0. The van der Waals surface area contributed by atoms with Gasteiger partial charge in [0.1, 0.15) is 0 Å². The molecule has 0 spiro atoms. The third-order valence-corrected chi connectivity index (χ3v) is 5.18. The molecule has 0 fully saturated rings. The zero-order valence-electron chi connectivity index (χ0n) is 12.2. The molecular weight excluding hydrogens is 284 g/mol. The number of hydrogen-bond acceptors (Lipinski definition) is 4. The van der Waals surface area contributed by atoms with Crippen LogP contribution in [0.2, 0.25) is 0 Å². The molecule has 1 aliphatic rings. The van der Waals surface area contributed by atoms with Gasteiger partial charge < -0.3 is 0 Å². The SMILES string of the molecule is CC(C)N1CC=C(c2cc3ccc([N+](=O)[O-])cc3s2)CC1. The number of rotatable bonds is 3. The van der Waals surface area contributed by atoms with E-state index in [1.54, 1.807) is 23.5 Å². The molecule has 0 saturated carbocycles. The zero-order chi connectivity index (χ0) is 15.0. The van der Waals surface area contributed by atoms with Crippen LogP contribution < -0.4 is 0 Å². The van der Waals surface area contributed by atoms with E-state index in [9.17, 15) is 10.1 Å². The highest BCUT2D eigenvalue weighted by molar-refractivity contribution is 7.20. The van der Waals surface area contributed by atoms with Gasteiger partial charge in [0.2, 0.25) is 0 Å². The largest absolute Gasteiger partial charge is 0.297 e. The third-order valence-electron chi connectivity index (χ3n) is 4.00. The second-order valence-corrected chi connectivity index (χ2v) is 6.74. The summed E-state index contributed by atoms with van der Waals surface area (Å²) < 4.78 is 0.992. The number of nitro groups is 1. The molecule has 4 nitrogen and oxygen atoms in total. The first-order valence-corrected chi connectivity index (χ1v) is 7.97. The van der Waals surface area contributed by atoms with E-state index in [0.29, 0.717) is 6.04 Å². The quantitative estimate of drug-likeness (QED) is 0.627. The molecule has 0 saturated heterocycles. The topological polar surface area (TPSA) is 46.4 Å². The molecule has 1 aliphatic heterocycles. The molecule has 0 atom stereocenters. The Balaban J connectivity index is 1.90. The van der Waals surface area contributed by atoms with Crippen LogP contribution in [0.25, 0.3) is 15.7 Å². The van der Waals surface area contributed by atoms with Gasteiger partial charge in [-0.2, -0.15) is 0 Å². The van der Waals surface area contributed by atoms with E-state index >= 15 is 0 Å². The summed E-state index contributed by atoms with van der Waals surface area (Å²) in [6.45, 7) is 6.51. The Morgan fingerprint density at radius 1 is 1.33 bits per heavy atom. The number of non-ortho nitro benzene ring substituents is 1. The van der Waals surface area contributed by atoms with Crippen LogP contribution in [0.3, 0.4) is 0 Å². The van der Waals surface area contributed by atoms with Gasteiger partial charge in [-0.05, 0) is 43.4 Å². The van der Waals surface area contributed by atoms with Crippen LogP contribution in [0, 0.1) is 10.1 Å². The van der Waals surface area contributed by atoms with Crippen molar-refractivity contribution in [1.82, 2.24) is 4.90 Å². The second-order valence-electron chi connectivity index (χ2n) is 5.66. The Kier molecular flexibility index (Phi) is 3.78. The van der Waals surface area contributed by atoms with Gasteiger partial charge in [0, 0.05) is 40.8 Å². The highest BCUT2D eigenvalue weighted by atomic mass is 32.1. The lowest BCUT2D eigenvalue weighted by Crippen LogP contribution is -2.34. The van der Waals surface area contributed by atoms with E-state index < -0.39 is 0 Å². The van der Waals surface area contributed by atoms with Crippen LogP contribution in [-0.2, 0) is 0 Å². The summed E-state index contributed by atoms with van der Waals surface area (Å²) >= 11 is 1.65. The van der Waals surface area contributed by atoms with Crippen molar-refractivity contribution in [2.24, 2.45) is 0 Å². The average molecular weight is 302 g/mol. The number of hydrogen-bond donors (Lipinski definition) is 0. The van der Waals surface area contributed by atoms with Crippen molar-refractivity contribution in [2.45, 2.75) is 26.3 Å². The molecule has 21 heavy (non-hydrogen) atoms. The van der Waals surface area contributed by atoms with Crippen LogP contribution in [-0.4, -0.2) is 29.0 Å². The molecular formula is C16H18N2O2S. The smallest absolute Gasteiger partial charge is 0.270 e. The monoisotopic (exact) mass is 302 g/mol. The third kappa shape index (κ3) is 2.84. The molecule has 0 N–H and O–H groups in total. The van der Waals surface area contributed by atoms with Gasteiger partial charge in [0.15, 0.2) is 0 Å². The van der Waals surface area contributed by atoms with Crippen LogP contribution in [0.5, 0.6) is 0 Å². The maximum Gasteiger partial charge on any atom is 0.270 e. The lowest BCUT2D eigenvalue weighted by molar-refractivity contribution is -0.384. The van der Waals surface area contributed by atoms with Crippen LogP contribution >= 0.6 is 11.3 Å². The summed E-state index contributed by atoms with van der Waals surface area (Å²) in [5, 5.41) is 11.9. The minimum atomic E-state index is -0.334. The van der Waals surface area contributed by atoms with Crippen molar-refractivity contribution in [2.75, 3.05) is 13.1 Å². The fourth-order valence-corrected chi connectivity index (χ4v) is 3.83. The Hall–Kier alpha value is -1.72. The maximum absolute atomic E-state index is 10.8. The number of benzene rings is 1. The van der Waals surface area contributed by atoms with E-state index in [-0.39, 0.29) is 10.6 Å². The van der Waals surface area contributed by atoms with Gasteiger partial charge in [-0.15, -0.1) is 11.3 Å². The van der Waals surface area contributed by atoms with Gasteiger partial charge in [-0.25, -0.2) is 0 Å². The summed E-state index contributed by atoms with van der Waals surface area (Å²) in [4.78, 5) is 14.2. The summed E-state index contributed by atoms with van der Waals surface area (Å²) in [6, 6.07) is 7.83. The van der Waals surface area contributed by atoms with Gasteiger partial charge >= 0.3 is 0 Å². The van der Waals surface area contributed by atoms with E-state index in [1.807, 2.05) is 6.07 Å². The van der Waals surface area contributed by atoms with E-state index in [4.69, 9.17) is 0 Å². The molecule has 0 amide bonds. The average Bonchev–Trinajstić information content (AvgIpc) is 2.90. The standard InChI is InChI=1S/C16H18N2O2S/c1-11(2)17-7-5-12(6-8-17)15-9-13-3-4-14(18(19)20)10-16(13)21-15/h3-5,9-11H,6-8H2,1-2H3. The van der Waals surface area contributed by atoms with Crippen LogP contribution in [0.15, 0.2) is 30.3 Å². The zero-order valence-corrected chi connectivity index (χ0v) is 13.0. The van der Waals surface area contributed by atoms with E-state index in [2.05, 4.69) is 30.9 Å². The molecule has 0 radical (unpaired) electrons. The Morgan fingerprint density at radius 3 is 2.76 bits per heavy atom. The molecule has 1 aromatic heterocycles. The van der Waals surface area contributed by atoms with Crippen molar-refractivity contribution in [1.29, 1.82) is 0 Å². The second kappa shape index (κ2) is 5.58. The van der Waals surface area contributed by atoms with E-state index in [1.165, 1.54) is 10.5 Å². The summed E-state index contributed by atoms with van der Waals surface area (Å²) in [6.07, 6.45) is 3.34. The molecule has 0 aliphatic carbocycles. The lowest BCUT2D eigenvalue weighted by atomic mass is 10.0. The highest BCUT2D eigenvalue weighted by Crippen LogP contribution is 2.35. The first-order valence-electron chi connectivity index (χ1n) is 7.16. The summed E-state index contributed by atoms with van der Waals surface area (Å²) in [5.74, 6) is 0. The van der Waals surface area contributed by atoms with Gasteiger partial charge in [0.25, 0.3) is 5.69 Å². The lowest BCUT2D eigenvalue weighted by Gasteiger charge is -2.29. The van der Waals surface area contributed by atoms with Crippen molar-refractivity contribution in [3.05, 3.63) is 45.3 Å². The Bertz CT molecular complexity index is 718. The normalized spacial score (nSPS) is 16.4. The molecule has 3 rings (SSSR count). The van der Waals surface area contributed by atoms with E-state index in [0.717, 1.165) is 29.6 Å². The van der Waals surface area contributed by atoms with Gasteiger partial charge in [-0.1, -0.05) is 6.08 Å². The van der Waals surface area contributed by atoms with Crippen LogP contribution in [0.4, 0.5) is 5.69 Å². The molecule has 2 aromatic rings. The number of nitrogens with zero attached hydrogens (tertiary/aromatic N) is 2. The molecule has 5 heteroatoms. The molecule has 0 bridgehead atoms. The molecule has 2 heterocycles. The predicted octanol–water partition coefficient (Wildman–Crippen LogP) is 4.31. The maximum atomic E-state index is 10.8. The van der Waals surface area contributed by atoms with Crippen LogP contribution in [0.1, 0.15) is 25.1 Å². The van der Waals surface area contributed by atoms with Crippen molar-refractivity contribution in [3.8, 4) is 0 Å². The molecule has 1 aromatic carbocycles. The predicted molar refractivity (Wildman–Crippen MR) is 87.8 cm³/mol. The molecule has 0 unspecified atom stereocenters. The Morgan fingerprint density at radius 2 is 2.14 bits per heavy atom. The van der Waals surface area contributed by atoms with Gasteiger partial charge in [0.05, 0.1) is 4.92 Å². The Labute approximate surface area is 127 Å². The fourth-order valence-electron chi connectivity index (χ4n) is 2.67. The highest BCUT2D eigenvalue weighted by Gasteiger charge is 2.17. The van der Waals surface area contributed by atoms with Crippen molar-refractivity contribution < 1.29 is 4.92 Å². The summed E-state index contributed by atoms with van der Waals surface area (Å²) in [5.41, 5.74) is 1.54. The first kappa shape index (κ1) is 14.2. The number of nitro benzene ring substituents is 1. The van der Waals surface area contributed by atoms with Crippen molar-refractivity contribution >= 4 is 32.7 Å². The minimum Gasteiger partial charge on any atom is -0.297 e. The summed E-state index contributed by atoms with van der Waals surface area (Å²) in [7, 11) is 0. The minimum absolute atomic E-state index is 0.166. The van der Waals surface area contributed by atoms with Gasteiger partial charge in [-0.3, -0.25) is 15.0 Å². The van der Waals surface area contributed by atoms with Crippen molar-refractivity contribution in [3.63, 3.8) is 0 Å². The number of fused-ring (bicyclic) bond motifs is 1.